The SMILES string of the molecule is CC(C)(Nc1cc(N)ccc1C(N)=O)c1nccs1. The maximum absolute atomic E-state index is 11.4. The number of nitrogens with two attached hydrogens (primary N) is 2. The minimum absolute atomic E-state index is 0.411. The third kappa shape index (κ3) is 2.85. The fourth-order valence-corrected chi connectivity index (χ4v) is 2.52. The number of primary amides is 1. The van der Waals surface area contributed by atoms with E-state index in [1.165, 1.54) is 0 Å². The summed E-state index contributed by atoms with van der Waals surface area (Å²) in [6.07, 6.45) is 1.75. The molecule has 2 rings (SSSR count). The molecule has 1 heterocycles. The predicted octanol–water partition coefficient (Wildman–Crippen LogP) is 2.17. The van der Waals surface area contributed by atoms with E-state index in [4.69, 9.17) is 11.5 Å². The Kier molecular flexibility index (Phi) is 3.44. The molecule has 0 bridgehead atoms. The first-order chi connectivity index (χ1) is 8.90. The van der Waals surface area contributed by atoms with Crippen LogP contribution in [0.1, 0.15) is 29.2 Å². The van der Waals surface area contributed by atoms with Gasteiger partial charge in [0, 0.05) is 23.0 Å². The summed E-state index contributed by atoms with van der Waals surface area (Å²) in [7, 11) is 0. The van der Waals surface area contributed by atoms with Gasteiger partial charge < -0.3 is 16.8 Å². The molecule has 0 aliphatic rings. The molecule has 0 fully saturated rings. The Hall–Kier alpha value is -2.08. The van der Waals surface area contributed by atoms with Crippen LogP contribution in [0, 0.1) is 0 Å². The molecule has 1 aromatic heterocycles. The molecule has 0 saturated carbocycles. The first-order valence-corrected chi connectivity index (χ1v) is 6.65. The van der Waals surface area contributed by atoms with E-state index in [2.05, 4.69) is 10.3 Å². The molecule has 0 atom stereocenters. The topological polar surface area (TPSA) is 94.0 Å². The minimum atomic E-state index is -0.488. The van der Waals surface area contributed by atoms with Crippen molar-refractivity contribution in [3.05, 3.63) is 40.3 Å². The van der Waals surface area contributed by atoms with Gasteiger partial charge in [-0.1, -0.05) is 0 Å². The van der Waals surface area contributed by atoms with Crippen LogP contribution in [-0.2, 0) is 5.54 Å². The van der Waals surface area contributed by atoms with Gasteiger partial charge in [-0.25, -0.2) is 4.98 Å². The molecule has 1 aromatic carbocycles. The van der Waals surface area contributed by atoms with E-state index in [1.54, 1.807) is 35.7 Å². The van der Waals surface area contributed by atoms with Gasteiger partial charge in [-0.2, -0.15) is 0 Å². The zero-order valence-electron chi connectivity index (χ0n) is 10.8. The lowest BCUT2D eigenvalue weighted by atomic mass is 10.0. The highest BCUT2D eigenvalue weighted by molar-refractivity contribution is 7.09. The van der Waals surface area contributed by atoms with Crippen LogP contribution in [0.15, 0.2) is 29.8 Å². The number of benzene rings is 1. The van der Waals surface area contributed by atoms with Crippen molar-refractivity contribution >= 4 is 28.6 Å². The van der Waals surface area contributed by atoms with Gasteiger partial charge in [0.05, 0.1) is 11.1 Å². The van der Waals surface area contributed by atoms with Crippen molar-refractivity contribution < 1.29 is 4.79 Å². The van der Waals surface area contributed by atoms with E-state index in [-0.39, 0.29) is 0 Å². The summed E-state index contributed by atoms with van der Waals surface area (Å²) in [6.45, 7) is 3.97. The minimum Gasteiger partial charge on any atom is -0.399 e. The third-order valence-corrected chi connectivity index (χ3v) is 3.82. The summed E-state index contributed by atoms with van der Waals surface area (Å²) in [4.78, 5) is 15.7. The van der Waals surface area contributed by atoms with Gasteiger partial charge in [-0.3, -0.25) is 4.79 Å². The van der Waals surface area contributed by atoms with Crippen LogP contribution in [0.2, 0.25) is 0 Å². The molecule has 5 nitrogen and oxygen atoms in total. The van der Waals surface area contributed by atoms with Gasteiger partial charge in [0.1, 0.15) is 5.01 Å². The fourth-order valence-electron chi connectivity index (χ4n) is 1.80. The lowest BCUT2D eigenvalue weighted by Gasteiger charge is -2.26. The second-order valence-corrected chi connectivity index (χ2v) is 5.65. The second kappa shape index (κ2) is 4.89. The van der Waals surface area contributed by atoms with Crippen LogP contribution in [-0.4, -0.2) is 10.9 Å². The lowest BCUT2D eigenvalue weighted by molar-refractivity contribution is 0.100. The predicted molar refractivity (Wildman–Crippen MR) is 78.1 cm³/mol. The zero-order chi connectivity index (χ0) is 14.0. The first kappa shape index (κ1) is 13.4. The molecule has 1 amide bonds. The summed E-state index contributed by atoms with van der Waals surface area (Å²) in [5.74, 6) is -0.488. The molecule has 19 heavy (non-hydrogen) atoms. The molecule has 0 aliphatic heterocycles. The summed E-state index contributed by atoms with van der Waals surface area (Å²) in [5, 5.41) is 6.11. The molecular weight excluding hydrogens is 260 g/mol. The van der Waals surface area contributed by atoms with E-state index in [0.29, 0.717) is 16.9 Å². The number of nitrogen functional groups attached to an aromatic ring is 1. The van der Waals surface area contributed by atoms with Gasteiger partial charge in [-0.15, -0.1) is 11.3 Å². The maximum Gasteiger partial charge on any atom is 0.250 e. The quantitative estimate of drug-likeness (QED) is 0.746. The van der Waals surface area contributed by atoms with Crippen molar-refractivity contribution in [1.82, 2.24) is 4.98 Å². The lowest BCUT2D eigenvalue weighted by Crippen LogP contribution is -2.29. The molecule has 5 N–H and O–H groups in total. The summed E-state index contributed by atoms with van der Waals surface area (Å²) < 4.78 is 0. The van der Waals surface area contributed by atoms with Gasteiger partial charge >= 0.3 is 0 Å². The fraction of sp³-hybridized carbons (Fsp3) is 0.231. The van der Waals surface area contributed by atoms with Gasteiger partial charge in [0.2, 0.25) is 0 Å². The number of carbonyl (C=O) groups excluding carboxylic acids is 1. The molecule has 0 spiro atoms. The van der Waals surface area contributed by atoms with Crippen LogP contribution in [0.3, 0.4) is 0 Å². The Morgan fingerprint density at radius 1 is 1.42 bits per heavy atom. The number of anilines is 2. The summed E-state index contributed by atoms with van der Waals surface area (Å²) >= 11 is 1.55. The number of hydrogen-bond acceptors (Lipinski definition) is 5. The number of thiazole rings is 1. The Labute approximate surface area is 115 Å². The number of carbonyl (C=O) groups is 1. The highest BCUT2D eigenvalue weighted by Gasteiger charge is 2.24. The first-order valence-electron chi connectivity index (χ1n) is 5.77. The number of nitrogens with zero attached hydrogens (tertiary/aromatic N) is 1. The average Bonchev–Trinajstić information content (AvgIpc) is 2.81. The number of rotatable bonds is 4. The van der Waals surface area contributed by atoms with Crippen LogP contribution in [0.5, 0.6) is 0 Å². The summed E-state index contributed by atoms with van der Waals surface area (Å²) in [6, 6.07) is 4.98. The zero-order valence-corrected chi connectivity index (χ0v) is 11.6. The van der Waals surface area contributed by atoms with Crippen molar-refractivity contribution in [2.24, 2.45) is 5.73 Å². The molecule has 2 aromatic rings. The van der Waals surface area contributed by atoms with E-state index in [0.717, 1.165) is 5.01 Å². The Morgan fingerprint density at radius 3 is 2.74 bits per heavy atom. The largest absolute Gasteiger partial charge is 0.399 e. The van der Waals surface area contributed by atoms with Crippen molar-refractivity contribution in [1.29, 1.82) is 0 Å². The molecule has 100 valence electrons. The van der Waals surface area contributed by atoms with E-state index < -0.39 is 11.4 Å². The van der Waals surface area contributed by atoms with Crippen molar-refractivity contribution in [2.75, 3.05) is 11.1 Å². The molecule has 0 radical (unpaired) electrons. The molecule has 0 aliphatic carbocycles. The number of nitrogens with one attached hydrogen (secondary N) is 1. The Balaban J connectivity index is 2.38. The molecular formula is C13H16N4OS. The third-order valence-electron chi connectivity index (χ3n) is 2.72. The van der Waals surface area contributed by atoms with Crippen molar-refractivity contribution in [3.63, 3.8) is 0 Å². The number of aromatic nitrogens is 1. The van der Waals surface area contributed by atoms with Crippen LogP contribution in [0.25, 0.3) is 0 Å². The number of hydrogen-bond donors (Lipinski definition) is 3. The number of amides is 1. The van der Waals surface area contributed by atoms with Crippen LogP contribution in [0.4, 0.5) is 11.4 Å². The molecule has 0 unspecified atom stereocenters. The van der Waals surface area contributed by atoms with Crippen molar-refractivity contribution in [3.8, 4) is 0 Å². The standard InChI is InChI=1S/C13H16N4OS/c1-13(2,12-16-5-6-19-12)17-10-7-8(14)3-4-9(10)11(15)18/h3-7,17H,14H2,1-2H3,(H2,15,18). The van der Waals surface area contributed by atoms with Crippen LogP contribution < -0.4 is 16.8 Å². The van der Waals surface area contributed by atoms with E-state index >= 15 is 0 Å². The van der Waals surface area contributed by atoms with Crippen LogP contribution >= 0.6 is 11.3 Å². The van der Waals surface area contributed by atoms with Crippen molar-refractivity contribution in [2.45, 2.75) is 19.4 Å². The van der Waals surface area contributed by atoms with E-state index in [1.807, 2.05) is 19.2 Å². The highest BCUT2D eigenvalue weighted by atomic mass is 32.1. The Bertz CT molecular complexity index is 593. The smallest absolute Gasteiger partial charge is 0.250 e. The Morgan fingerprint density at radius 2 is 2.16 bits per heavy atom. The summed E-state index contributed by atoms with van der Waals surface area (Å²) in [5.41, 5.74) is 12.3. The van der Waals surface area contributed by atoms with Gasteiger partial charge in [0.15, 0.2) is 0 Å². The maximum atomic E-state index is 11.4. The van der Waals surface area contributed by atoms with E-state index in [9.17, 15) is 4.79 Å². The second-order valence-electron chi connectivity index (χ2n) is 4.76. The molecule has 6 heteroatoms. The van der Waals surface area contributed by atoms with Gasteiger partial charge in [-0.05, 0) is 32.0 Å². The average molecular weight is 276 g/mol. The van der Waals surface area contributed by atoms with Gasteiger partial charge in [0.25, 0.3) is 5.91 Å². The molecule has 0 saturated heterocycles. The monoisotopic (exact) mass is 276 g/mol. The highest BCUT2D eigenvalue weighted by Crippen LogP contribution is 2.29. The normalized spacial score (nSPS) is 11.3.